The summed E-state index contributed by atoms with van der Waals surface area (Å²) in [5.74, 6) is -2.20. The maximum Gasteiger partial charge on any atom is 0.336 e. The Kier molecular flexibility index (Phi) is 5.35. The highest BCUT2D eigenvalue weighted by molar-refractivity contribution is 6.03. The minimum Gasteiger partial charge on any atom is -0.478 e. The highest BCUT2D eigenvalue weighted by Gasteiger charge is 2.16. The van der Waals surface area contributed by atoms with Crippen molar-refractivity contribution in [2.45, 2.75) is 0 Å². The number of nitrogens with one attached hydrogen (secondary N) is 1. The van der Waals surface area contributed by atoms with Gasteiger partial charge in [-0.15, -0.1) is 0 Å². The SMILES string of the molecule is O=C(O)c1ccc(/C=N/Nc2nc3ccccc3nc2-c2ccccc2)cc1C(=O)O. The van der Waals surface area contributed by atoms with Gasteiger partial charge in [0, 0.05) is 5.56 Å². The molecule has 0 unspecified atom stereocenters. The average Bonchev–Trinajstić information content (AvgIpc) is 2.79. The number of hydrazone groups is 1. The van der Waals surface area contributed by atoms with Crippen molar-refractivity contribution in [2.75, 3.05) is 5.43 Å². The van der Waals surface area contributed by atoms with Gasteiger partial charge in [-0.1, -0.05) is 48.5 Å². The van der Waals surface area contributed by atoms with Gasteiger partial charge in [0.15, 0.2) is 5.82 Å². The second-order valence-electron chi connectivity index (χ2n) is 6.56. The maximum atomic E-state index is 11.4. The zero-order valence-electron chi connectivity index (χ0n) is 16.1. The van der Waals surface area contributed by atoms with Crippen LogP contribution in [0.5, 0.6) is 0 Å². The second-order valence-corrected chi connectivity index (χ2v) is 6.56. The summed E-state index contributed by atoms with van der Waals surface area (Å²) in [5.41, 5.74) is 5.60. The first kappa shape index (κ1) is 19.7. The van der Waals surface area contributed by atoms with Gasteiger partial charge in [-0.05, 0) is 29.8 Å². The van der Waals surface area contributed by atoms with E-state index in [2.05, 4.69) is 15.5 Å². The Labute approximate surface area is 176 Å². The van der Waals surface area contributed by atoms with Gasteiger partial charge < -0.3 is 10.2 Å². The topological polar surface area (TPSA) is 125 Å². The third-order valence-electron chi connectivity index (χ3n) is 4.51. The molecule has 0 saturated carbocycles. The highest BCUT2D eigenvalue weighted by atomic mass is 16.4. The van der Waals surface area contributed by atoms with Crippen molar-refractivity contribution < 1.29 is 19.8 Å². The molecule has 0 radical (unpaired) electrons. The lowest BCUT2D eigenvalue weighted by Crippen LogP contribution is -2.08. The Bertz CT molecular complexity index is 1320. The minimum absolute atomic E-state index is 0.288. The van der Waals surface area contributed by atoms with E-state index < -0.39 is 11.9 Å². The first-order valence-corrected chi connectivity index (χ1v) is 9.25. The molecule has 31 heavy (non-hydrogen) atoms. The molecule has 4 rings (SSSR count). The molecule has 8 heteroatoms. The zero-order valence-corrected chi connectivity index (χ0v) is 16.1. The second kappa shape index (κ2) is 8.42. The maximum absolute atomic E-state index is 11.4. The lowest BCUT2D eigenvalue weighted by atomic mass is 10.0. The van der Waals surface area contributed by atoms with E-state index in [1.54, 1.807) is 0 Å². The molecule has 0 amide bonds. The van der Waals surface area contributed by atoms with Crippen molar-refractivity contribution in [3.63, 3.8) is 0 Å². The molecule has 0 spiro atoms. The molecule has 0 fully saturated rings. The molecule has 1 heterocycles. The lowest BCUT2D eigenvalue weighted by Gasteiger charge is -2.09. The van der Waals surface area contributed by atoms with Crippen molar-refractivity contribution in [1.29, 1.82) is 0 Å². The first-order valence-electron chi connectivity index (χ1n) is 9.25. The third kappa shape index (κ3) is 4.23. The van der Waals surface area contributed by atoms with Crippen molar-refractivity contribution in [3.05, 3.63) is 89.5 Å². The van der Waals surface area contributed by atoms with Crippen LogP contribution in [0.1, 0.15) is 26.3 Å². The van der Waals surface area contributed by atoms with Gasteiger partial charge in [0.25, 0.3) is 0 Å². The number of nitrogens with zero attached hydrogens (tertiary/aromatic N) is 3. The quantitative estimate of drug-likeness (QED) is 0.321. The summed E-state index contributed by atoms with van der Waals surface area (Å²) in [6.45, 7) is 0. The zero-order chi connectivity index (χ0) is 21.8. The summed E-state index contributed by atoms with van der Waals surface area (Å²) in [6, 6.07) is 21.0. The molecule has 152 valence electrons. The summed E-state index contributed by atoms with van der Waals surface area (Å²) < 4.78 is 0. The fourth-order valence-electron chi connectivity index (χ4n) is 3.05. The highest BCUT2D eigenvalue weighted by Crippen LogP contribution is 2.26. The molecule has 0 aliphatic carbocycles. The first-order chi connectivity index (χ1) is 15.0. The average molecular weight is 412 g/mol. The molecular weight excluding hydrogens is 396 g/mol. The van der Waals surface area contributed by atoms with Crippen LogP contribution in [0, 0.1) is 0 Å². The van der Waals surface area contributed by atoms with E-state index in [9.17, 15) is 14.7 Å². The molecule has 4 aromatic rings. The van der Waals surface area contributed by atoms with Crippen LogP contribution in [0.25, 0.3) is 22.3 Å². The Balaban J connectivity index is 1.69. The standard InChI is InChI=1S/C23H16N4O4/c28-22(29)16-11-10-14(12-17(16)23(30)31)13-24-27-21-20(15-6-2-1-3-7-15)25-18-8-4-5-9-19(18)26-21/h1-13H,(H,26,27)(H,28,29)(H,30,31)/b24-13+. The summed E-state index contributed by atoms with van der Waals surface area (Å²) in [4.78, 5) is 31.9. The summed E-state index contributed by atoms with van der Waals surface area (Å²) >= 11 is 0. The number of hydrogen-bond donors (Lipinski definition) is 3. The number of aromatic carboxylic acids is 2. The number of para-hydroxylation sites is 2. The number of hydrogen-bond acceptors (Lipinski definition) is 6. The van der Waals surface area contributed by atoms with Crippen molar-refractivity contribution in [3.8, 4) is 11.3 Å². The summed E-state index contributed by atoms with van der Waals surface area (Å²) in [5, 5.41) is 22.6. The molecule has 0 aliphatic heterocycles. The summed E-state index contributed by atoms with van der Waals surface area (Å²) in [7, 11) is 0. The Morgan fingerprint density at radius 1 is 0.806 bits per heavy atom. The Morgan fingerprint density at radius 3 is 2.13 bits per heavy atom. The van der Waals surface area contributed by atoms with Gasteiger partial charge in [-0.2, -0.15) is 5.10 Å². The van der Waals surface area contributed by atoms with Gasteiger partial charge in [0.1, 0.15) is 5.69 Å². The smallest absolute Gasteiger partial charge is 0.336 e. The fraction of sp³-hybridized carbons (Fsp3) is 0. The normalized spacial score (nSPS) is 11.0. The van der Waals surface area contributed by atoms with Crippen molar-refractivity contribution in [2.24, 2.45) is 5.10 Å². The van der Waals surface area contributed by atoms with Gasteiger partial charge in [0.2, 0.25) is 0 Å². The van der Waals surface area contributed by atoms with E-state index in [0.29, 0.717) is 22.6 Å². The monoisotopic (exact) mass is 412 g/mol. The number of rotatable bonds is 6. The van der Waals surface area contributed by atoms with Gasteiger partial charge in [-0.25, -0.2) is 19.6 Å². The van der Waals surface area contributed by atoms with E-state index in [0.717, 1.165) is 11.1 Å². The van der Waals surface area contributed by atoms with Crippen LogP contribution >= 0.6 is 0 Å². The van der Waals surface area contributed by atoms with E-state index in [1.807, 2.05) is 54.6 Å². The molecule has 0 bridgehead atoms. The van der Waals surface area contributed by atoms with Gasteiger partial charge >= 0.3 is 11.9 Å². The van der Waals surface area contributed by atoms with E-state index in [4.69, 9.17) is 10.1 Å². The largest absolute Gasteiger partial charge is 0.478 e. The Hall–Kier alpha value is -4.59. The molecule has 0 saturated heterocycles. The van der Waals surface area contributed by atoms with Crippen LogP contribution in [0.15, 0.2) is 77.9 Å². The molecular formula is C23H16N4O4. The van der Waals surface area contributed by atoms with Crippen molar-refractivity contribution >= 4 is 35.0 Å². The predicted octanol–water partition coefficient (Wildman–Crippen LogP) is 4.14. The predicted molar refractivity (Wildman–Crippen MR) is 117 cm³/mol. The number of benzene rings is 3. The number of fused-ring (bicyclic) bond motifs is 1. The van der Waals surface area contributed by atoms with E-state index >= 15 is 0 Å². The van der Waals surface area contributed by atoms with Crippen LogP contribution in [0.3, 0.4) is 0 Å². The fourth-order valence-corrected chi connectivity index (χ4v) is 3.05. The molecule has 0 aliphatic rings. The lowest BCUT2D eigenvalue weighted by molar-refractivity contribution is 0.0651. The van der Waals surface area contributed by atoms with Crippen LogP contribution in [0.4, 0.5) is 5.82 Å². The van der Waals surface area contributed by atoms with Gasteiger partial charge in [-0.3, -0.25) is 5.43 Å². The van der Waals surface area contributed by atoms with Crippen LogP contribution in [0.2, 0.25) is 0 Å². The number of anilines is 1. The Morgan fingerprint density at radius 2 is 1.45 bits per heavy atom. The van der Waals surface area contributed by atoms with Crippen LogP contribution < -0.4 is 5.43 Å². The van der Waals surface area contributed by atoms with E-state index in [-0.39, 0.29) is 11.1 Å². The third-order valence-corrected chi connectivity index (χ3v) is 4.51. The van der Waals surface area contributed by atoms with E-state index in [1.165, 1.54) is 24.4 Å². The minimum atomic E-state index is -1.33. The van der Waals surface area contributed by atoms with Crippen LogP contribution in [-0.2, 0) is 0 Å². The number of carbonyl (C=O) groups is 2. The number of aromatic nitrogens is 2. The number of carboxylic acids is 2. The molecule has 3 N–H and O–H groups in total. The van der Waals surface area contributed by atoms with Crippen molar-refractivity contribution in [1.82, 2.24) is 9.97 Å². The molecule has 8 nitrogen and oxygen atoms in total. The summed E-state index contributed by atoms with van der Waals surface area (Å²) in [6.07, 6.45) is 1.39. The number of carboxylic acid groups (broad SMARTS) is 2. The molecule has 3 aromatic carbocycles. The van der Waals surface area contributed by atoms with Gasteiger partial charge in [0.05, 0.1) is 28.4 Å². The molecule has 0 atom stereocenters. The van der Waals surface area contributed by atoms with Crippen LogP contribution in [-0.4, -0.2) is 38.3 Å². The molecule has 1 aromatic heterocycles.